The number of aryl methyl sites for hydroxylation is 1. The lowest BCUT2D eigenvalue weighted by molar-refractivity contribution is -0.116. The van der Waals surface area contributed by atoms with Crippen molar-refractivity contribution in [2.75, 3.05) is 25.0 Å². The average molecular weight is 276 g/mol. The van der Waals surface area contributed by atoms with Gasteiger partial charge in [-0.3, -0.25) is 4.79 Å². The Morgan fingerprint density at radius 1 is 1.00 bits per heavy atom. The number of rotatable bonds is 9. The van der Waals surface area contributed by atoms with E-state index in [4.69, 9.17) is 0 Å². The van der Waals surface area contributed by atoms with E-state index in [9.17, 15) is 4.79 Å². The van der Waals surface area contributed by atoms with E-state index in [0.717, 1.165) is 44.6 Å². The quantitative estimate of drug-likeness (QED) is 0.746. The van der Waals surface area contributed by atoms with Gasteiger partial charge in [-0.2, -0.15) is 0 Å². The topological polar surface area (TPSA) is 32.3 Å². The zero-order valence-corrected chi connectivity index (χ0v) is 13.1. The first-order valence-corrected chi connectivity index (χ1v) is 7.80. The minimum Gasteiger partial charge on any atom is -0.326 e. The fourth-order valence-electron chi connectivity index (χ4n) is 2.27. The number of hydrogen-bond acceptors (Lipinski definition) is 2. The normalized spacial score (nSPS) is 10.8. The van der Waals surface area contributed by atoms with Crippen LogP contribution in [0, 0.1) is 0 Å². The van der Waals surface area contributed by atoms with E-state index in [1.807, 2.05) is 12.1 Å². The SMILES string of the molecule is CCCN(CCC)CCC(=O)Nc1ccc(CC)cc1. The third-order valence-electron chi connectivity index (χ3n) is 3.38. The van der Waals surface area contributed by atoms with E-state index in [-0.39, 0.29) is 5.91 Å². The second-order valence-corrected chi connectivity index (χ2v) is 5.19. The van der Waals surface area contributed by atoms with Crippen LogP contribution in [0.15, 0.2) is 24.3 Å². The highest BCUT2D eigenvalue weighted by atomic mass is 16.1. The van der Waals surface area contributed by atoms with Crippen LogP contribution >= 0.6 is 0 Å². The zero-order chi connectivity index (χ0) is 14.8. The number of nitrogens with zero attached hydrogens (tertiary/aromatic N) is 1. The predicted molar refractivity (Wildman–Crippen MR) is 86.1 cm³/mol. The Balaban J connectivity index is 2.38. The number of amides is 1. The molecular weight excluding hydrogens is 248 g/mol. The second-order valence-electron chi connectivity index (χ2n) is 5.19. The summed E-state index contributed by atoms with van der Waals surface area (Å²) in [6.07, 6.45) is 3.87. The molecule has 0 radical (unpaired) electrons. The molecule has 0 aliphatic rings. The van der Waals surface area contributed by atoms with E-state index in [1.165, 1.54) is 5.56 Å². The van der Waals surface area contributed by atoms with Crippen LogP contribution in [0.25, 0.3) is 0 Å². The molecule has 0 saturated heterocycles. The van der Waals surface area contributed by atoms with Crippen LogP contribution in [0.4, 0.5) is 5.69 Å². The summed E-state index contributed by atoms with van der Waals surface area (Å²) in [5.41, 5.74) is 2.18. The largest absolute Gasteiger partial charge is 0.326 e. The lowest BCUT2D eigenvalue weighted by atomic mass is 10.1. The summed E-state index contributed by atoms with van der Waals surface area (Å²) in [5, 5.41) is 2.97. The summed E-state index contributed by atoms with van der Waals surface area (Å²) in [5.74, 6) is 0.103. The minimum atomic E-state index is 0.103. The molecule has 0 aliphatic heterocycles. The monoisotopic (exact) mass is 276 g/mol. The molecule has 1 aromatic rings. The molecule has 3 heteroatoms. The van der Waals surface area contributed by atoms with Crippen molar-refractivity contribution in [2.24, 2.45) is 0 Å². The molecule has 20 heavy (non-hydrogen) atoms. The lowest BCUT2D eigenvalue weighted by Gasteiger charge is -2.20. The Morgan fingerprint density at radius 3 is 2.10 bits per heavy atom. The molecule has 0 aromatic heterocycles. The summed E-state index contributed by atoms with van der Waals surface area (Å²) in [6.45, 7) is 9.48. The average Bonchev–Trinajstić information content (AvgIpc) is 2.46. The molecule has 0 fully saturated rings. The van der Waals surface area contributed by atoms with Gasteiger partial charge in [0.15, 0.2) is 0 Å². The number of benzene rings is 1. The van der Waals surface area contributed by atoms with Crippen molar-refractivity contribution in [3.8, 4) is 0 Å². The first-order chi connectivity index (χ1) is 9.69. The Labute approximate surface area is 123 Å². The van der Waals surface area contributed by atoms with Crippen molar-refractivity contribution in [2.45, 2.75) is 46.5 Å². The maximum atomic E-state index is 11.9. The zero-order valence-electron chi connectivity index (χ0n) is 13.1. The summed E-state index contributed by atoms with van der Waals surface area (Å²) in [4.78, 5) is 14.3. The highest BCUT2D eigenvalue weighted by Gasteiger charge is 2.07. The van der Waals surface area contributed by atoms with Gasteiger partial charge in [0.1, 0.15) is 0 Å². The van der Waals surface area contributed by atoms with Crippen molar-refractivity contribution in [3.05, 3.63) is 29.8 Å². The van der Waals surface area contributed by atoms with Gasteiger partial charge in [0.2, 0.25) is 5.91 Å². The number of anilines is 1. The summed E-state index contributed by atoms with van der Waals surface area (Å²) >= 11 is 0. The highest BCUT2D eigenvalue weighted by molar-refractivity contribution is 5.90. The van der Waals surface area contributed by atoms with Crippen molar-refractivity contribution < 1.29 is 4.79 Å². The molecule has 0 atom stereocenters. The Kier molecular flexibility index (Phi) is 7.97. The van der Waals surface area contributed by atoms with Gasteiger partial charge in [-0.1, -0.05) is 32.9 Å². The van der Waals surface area contributed by atoms with Gasteiger partial charge in [0, 0.05) is 18.7 Å². The Morgan fingerprint density at radius 2 is 1.60 bits per heavy atom. The standard InChI is InChI=1S/C17H28N2O/c1-4-12-19(13-5-2)14-11-17(20)18-16-9-7-15(6-3)8-10-16/h7-10H,4-6,11-14H2,1-3H3,(H,18,20). The molecule has 1 rings (SSSR count). The van der Waals surface area contributed by atoms with Crippen molar-refractivity contribution in [3.63, 3.8) is 0 Å². The second kappa shape index (κ2) is 9.54. The van der Waals surface area contributed by atoms with E-state index in [2.05, 4.69) is 43.1 Å². The number of carbonyl (C=O) groups excluding carboxylic acids is 1. The van der Waals surface area contributed by atoms with E-state index in [0.29, 0.717) is 6.42 Å². The van der Waals surface area contributed by atoms with Crippen molar-refractivity contribution in [1.82, 2.24) is 4.90 Å². The molecule has 1 N–H and O–H groups in total. The molecule has 0 spiro atoms. The number of carbonyl (C=O) groups is 1. The van der Waals surface area contributed by atoms with E-state index in [1.54, 1.807) is 0 Å². The minimum absolute atomic E-state index is 0.103. The molecule has 1 amide bonds. The van der Waals surface area contributed by atoms with Crippen LogP contribution in [0.5, 0.6) is 0 Å². The predicted octanol–water partition coefficient (Wildman–Crippen LogP) is 3.70. The van der Waals surface area contributed by atoms with Gasteiger partial charge in [0.05, 0.1) is 0 Å². The summed E-state index contributed by atoms with van der Waals surface area (Å²) in [6, 6.07) is 8.09. The molecule has 1 aromatic carbocycles. The summed E-state index contributed by atoms with van der Waals surface area (Å²) in [7, 11) is 0. The van der Waals surface area contributed by atoms with Crippen LogP contribution in [-0.2, 0) is 11.2 Å². The van der Waals surface area contributed by atoms with Crippen LogP contribution in [0.2, 0.25) is 0 Å². The molecule has 0 saturated carbocycles. The van der Waals surface area contributed by atoms with Gasteiger partial charge < -0.3 is 10.2 Å². The van der Waals surface area contributed by atoms with Crippen LogP contribution < -0.4 is 5.32 Å². The maximum Gasteiger partial charge on any atom is 0.225 e. The van der Waals surface area contributed by atoms with E-state index < -0.39 is 0 Å². The Hall–Kier alpha value is -1.35. The van der Waals surface area contributed by atoms with E-state index >= 15 is 0 Å². The molecular formula is C17H28N2O. The van der Waals surface area contributed by atoms with Gasteiger partial charge in [-0.15, -0.1) is 0 Å². The lowest BCUT2D eigenvalue weighted by Crippen LogP contribution is -2.29. The first-order valence-electron chi connectivity index (χ1n) is 7.80. The smallest absolute Gasteiger partial charge is 0.225 e. The highest BCUT2D eigenvalue weighted by Crippen LogP contribution is 2.10. The third kappa shape index (κ3) is 6.20. The maximum absolute atomic E-state index is 11.9. The van der Waals surface area contributed by atoms with Crippen LogP contribution in [-0.4, -0.2) is 30.4 Å². The fraction of sp³-hybridized carbons (Fsp3) is 0.588. The fourth-order valence-corrected chi connectivity index (χ4v) is 2.27. The molecule has 0 heterocycles. The molecule has 3 nitrogen and oxygen atoms in total. The van der Waals surface area contributed by atoms with Crippen molar-refractivity contribution in [1.29, 1.82) is 0 Å². The summed E-state index contributed by atoms with van der Waals surface area (Å²) < 4.78 is 0. The molecule has 0 aliphatic carbocycles. The number of nitrogens with one attached hydrogen (secondary N) is 1. The number of hydrogen-bond donors (Lipinski definition) is 1. The molecule has 112 valence electrons. The Bertz CT molecular complexity index is 380. The van der Waals surface area contributed by atoms with Gasteiger partial charge in [-0.25, -0.2) is 0 Å². The molecule has 0 unspecified atom stereocenters. The van der Waals surface area contributed by atoms with Gasteiger partial charge >= 0.3 is 0 Å². The van der Waals surface area contributed by atoms with Crippen LogP contribution in [0.1, 0.15) is 45.6 Å². The third-order valence-corrected chi connectivity index (χ3v) is 3.38. The van der Waals surface area contributed by atoms with Gasteiger partial charge in [0.25, 0.3) is 0 Å². The van der Waals surface area contributed by atoms with Crippen molar-refractivity contribution >= 4 is 11.6 Å². The molecule has 0 bridgehead atoms. The van der Waals surface area contributed by atoms with Crippen LogP contribution in [0.3, 0.4) is 0 Å². The van der Waals surface area contributed by atoms with Gasteiger partial charge in [-0.05, 0) is 50.0 Å². The first kappa shape index (κ1) is 16.7.